The van der Waals surface area contributed by atoms with E-state index in [4.69, 9.17) is 23.2 Å². The number of nitrogens with zero attached hydrogens (tertiary/aromatic N) is 2. The Bertz CT molecular complexity index is 1360. The lowest BCUT2D eigenvalue weighted by molar-refractivity contribution is 0.424. The highest BCUT2D eigenvalue weighted by atomic mass is 35.5. The van der Waals surface area contributed by atoms with Gasteiger partial charge in [-0.1, -0.05) is 83.9 Å². The van der Waals surface area contributed by atoms with Gasteiger partial charge in [-0.05, 0) is 60.2 Å². The zero-order valence-corrected chi connectivity index (χ0v) is 21.6. The van der Waals surface area contributed by atoms with E-state index in [1.165, 1.54) is 4.31 Å². The van der Waals surface area contributed by atoms with Crippen molar-refractivity contribution in [2.24, 2.45) is 0 Å². The molecule has 180 valence electrons. The van der Waals surface area contributed by atoms with Crippen molar-refractivity contribution in [2.45, 2.75) is 23.7 Å². The Hall–Kier alpha value is -2.70. The van der Waals surface area contributed by atoms with Gasteiger partial charge in [-0.25, -0.2) is 12.7 Å². The second kappa shape index (κ2) is 11.4. The van der Waals surface area contributed by atoms with Crippen LogP contribution < -0.4 is 0 Å². The Balaban J connectivity index is 1.54. The van der Waals surface area contributed by atoms with Crippen LogP contribution in [0.1, 0.15) is 23.6 Å². The van der Waals surface area contributed by atoms with Crippen LogP contribution in [0.3, 0.4) is 0 Å². The van der Waals surface area contributed by atoms with Crippen molar-refractivity contribution in [2.75, 3.05) is 13.6 Å². The van der Waals surface area contributed by atoms with Crippen LogP contribution in [0.15, 0.2) is 102 Å². The van der Waals surface area contributed by atoms with E-state index in [9.17, 15) is 8.42 Å². The van der Waals surface area contributed by atoms with Gasteiger partial charge >= 0.3 is 0 Å². The summed E-state index contributed by atoms with van der Waals surface area (Å²) in [6, 6.07) is 28.2. The van der Waals surface area contributed by atoms with E-state index in [1.807, 2.05) is 42.6 Å². The van der Waals surface area contributed by atoms with Crippen LogP contribution in [0.4, 0.5) is 0 Å². The van der Waals surface area contributed by atoms with Crippen molar-refractivity contribution < 1.29 is 8.42 Å². The highest BCUT2D eigenvalue weighted by molar-refractivity contribution is 7.89. The minimum absolute atomic E-state index is 0.0937. The largest absolute Gasteiger partial charge is 0.261 e. The van der Waals surface area contributed by atoms with Crippen molar-refractivity contribution in [3.8, 4) is 11.1 Å². The summed E-state index contributed by atoms with van der Waals surface area (Å²) < 4.78 is 27.7. The molecular weight excluding hydrogens is 499 g/mol. The number of halogens is 2. The lowest BCUT2D eigenvalue weighted by Crippen LogP contribution is -2.31. The molecule has 4 nitrogen and oxygen atoms in total. The topological polar surface area (TPSA) is 50.3 Å². The second-order valence-electron chi connectivity index (χ2n) is 8.41. The molecule has 0 aliphatic heterocycles. The van der Waals surface area contributed by atoms with Crippen molar-refractivity contribution in [1.29, 1.82) is 0 Å². The maximum Gasteiger partial charge on any atom is 0.242 e. The fourth-order valence-electron chi connectivity index (χ4n) is 4.01. The molecule has 1 heterocycles. The molecule has 1 aromatic heterocycles. The van der Waals surface area contributed by atoms with Gasteiger partial charge in [-0.15, -0.1) is 0 Å². The van der Waals surface area contributed by atoms with Crippen LogP contribution >= 0.6 is 23.2 Å². The summed E-state index contributed by atoms with van der Waals surface area (Å²) in [5.41, 5.74) is 4.07. The molecule has 7 heteroatoms. The SMILES string of the molecule is CN(C[C@@H](CCc1ccc(-c2ccccc2)cn1)c1ccc(Cl)c(Cl)c1)S(=O)(=O)c1ccccc1. The average Bonchev–Trinajstić information content (AvgIpc) is 2.89. The van der Waals surface area contributed by atoms with Gasteiger partial charge < -0.3 is 0 Å². The molecular formula is C28H26Cl2N2O2S. The van der Waals surface area contributed by atoms with Crippen LogP contribution in [-0.2, 0) is 16.4 Å². The van der Waals surface area contributed by atoms with Crippen LogP contribution in [0.25, 0.3) is 11.1 Å². The monoisotopic (exact) mass is 524 g/mol. The molecule has 0 unspecified atom stereocenters. The molecule has 0 amide bonds. The maximum absolute atomic E-state index is 13.1. The van der Waals surface area contributed by atoms with Gasteiger partial charge in [0.2, 0.25) is 10.0 Å². The fourth-order valence-corrected chi connectivity index (χ4v) is 5.55. The molecule has 0 spiro atoms. The number of hydrogen-bond acceptors (Lipinski definition) is 3. The summed E-state index contributed by atoms with van der Waals surface area (Å²) >= 11 is 12.4. The molecule has 0 aliphatic rings. The normalized spacial score (nSPS) is 12.6. The molecule has 0 saturated heterocycles. The van der Waals surface area contributed by atoms with Crippen LogP contribution in [-0.4, -0.2) is 31.3 Å². The molecule has 4 aromatic rings. The third-order valence-corrected chi connectivity index (χ3v) is 8.60. The van der Waals surface area contributed by atoms with E-state index in [0.29, 0.717) is 29.4 Å². The summed E-state index contributed by atoms with van der Waals surface area (Å²) in [6.45, 7) is 0.303. The highest BCUT2D eigenvalue weighted by Crippen LogP contribution is 2.31. The second-order valence-corrected chi connectivity index (χ2v) is 11.3. The van der Waals surface area contributed by atoms with E-state index < -0.39 is 10.0 Å². The number of hydrogen-bond donors (Lipinski definition) is 0. The van der Waals surface area contributed by atoms with E-state index >= 15 is 0 Å². The Kier molecular flexibility index (Phi) is 8.24. The van der Waals surface area contributed by atoms with Gasteiger partial charge in [0.1, 0.15) is 0 Å². The number of aryl methyl sites for hydroxylation is 1. The number of aromatic nitrogens is 1. The first kappa shape index (κ1) is 25.4. The minimum atomic E-state index is -3.62. The van der Waals surface area contributed by atoms with Gasteiger partial charge in [0.25, 0.3) is 0 Å². The van der Waals surface area contributed by atoms with E-state index in [1.54, 1.807) is 43.4 Å². The minimum Gasteiger partial charge on any atom is -0.261 e. The molecule has 3 aromatic carbocycles. The summed E-state index contributed by atoms with van der Waals surface area (Å²) in [5.74, 6) is -0.0937. The molecule has 0 saturated carbocycles. The lowest BCUT2D eigenvalue weighted by atomic mass is 9.93. The lowest BCUT2D eigenvalue weighted by Gasteiger charge is -2.25. The van der Waals surface area contributed by atoms with Crippen molar-refractivity contribution in [1.82, 2.24) is 9.29 Å². The Morgan fingerprint density at radius 3 is 2.14 bits per heavy atom. The average molecular weight is 526 g/mol. The fraction of sp³-hybridized carbons (Fsp3) is 0.179. The van der Waals surface area contributed by atoms with Gasteiger partial charge in [0.15, 0.2) is 0 Å². The van der Waals surface area contributed by atoms with Crippen molar-refractivity contribution >= 4 is 33.2 Å². The molecule has 0 fully saturated rings. The molecule has 0 N–H and O–H groups in total. The number of likely N-dealkylation sites (N-methyl/N-ethyl adjacent to an activating group) is 1. The van der Waals surface area contributed by atoms with E-state index in [2.05, 4.69) is 23.2 Å². The van der Waals surface area contributed by atoms with Gasteiger partial charge in [0, 0.05) is 31.0 Å². The Morgan fingerprint density at radius 2 is 1.51 bits per heavy atom. The number of rotatable bonds is 9. The Labute approximate surface area is 217 Å². The number of pyridine rings is 1. The predicted molar refractivity (Wildman–Crippen MR) is 143 cm³/mol. The smallest absolute Gasteiger partial charge is 0.242 e. The van der Waals surface area contributed by atoms with Crippen molar-refractivity contribution in [3.05, 3.63) is 118 Å². The molecule has 1 atom stereocenters. The molecule has 35 heavy (non-hydrogen) atoms. The van der Waals surface area contributed by atoms with E-state index in [-0.39, 0.29) is 10.8 Å². The zero-order chi connectivity index (χ0) is 24.8. The third kappa shape index (κ3) is 6.30. The maximum atomic E-state index is 13.1. The Morgan fingerprint density at radius 1 is 0.829 bits per heavy atom. The predicted octanol–water partition coefficient (Wildman–Crippen LogP) is 7.09. The van der Waals surface area contributed by atoms with Gasteiger partial charge in [-0.3, -0.25) is 4.98 Å². The third-order valence-electron chi connectivity index (χ3n) is 6.02. The first-order valence-corrected chi connectivity index (χ1v) is 13.5. The quantitative estimate of drug-likeness (QED) is 0.234. The van der Waals surface area contributed by atoms with Crippen LogP contribution in [0, 0.1) is 0 Å². The first-order chi connectivity index (χ1) is 16.8. The van der Waals surface area contributed by atoms with Crippen LogP contribution in [0.5, 0.6) is 0 Å². The van der Waals surface area contributed by atoms with Gasteiger partial charge in [0.05, 0.1) is 14.9 Å². The molecule has 0 aliphatic carbocycles. The number of benzene rings is 3. The van der Waals surface area contributed by atoms with Crippen LogP contribution in [0.2, 0.25) is 10.0 Å². The van der Waals surface area contributed by atoms with Gasteiger partial charge in [-0.2, -0.15) is 0 Å². The molecule has 0 bridgehead atoms. The summed E-state index contributed by atoms with van der Waals surface area (Å²) in [6.07, 6.45) is 3.27. The standard InChI is InChI=1S/C28H26Cl2N2O2S/c1-32(35(33,34)26-10-6-3-7-11-26)20-24(22-14-17-27(29)28(30)18-22)13-16-25-15-12-23(19-31-25)21-8-4-2-5-9-21/h2-12,14-15,17-19,24H,13,16,20H2,1H3/t24-/m1/s1. The summed E-state index contributed by atoms with van der Waals surface area (Å²) in [7, 11) is -2.01. The number of sulfonamides is 1. The summed E-state index contributed by atoms with van der Waals surface area (Å²) in [4.78, 5) is 4.92. The molecule has 4 rings (SSSR count). The first-order valence-electron chi connectivity index (χ1n) is 11.3. The zero-order valence-electron chi connectivity index (χ0n) is 19.3. The van der Waals surface area contributed by atoms with Crippen molar-refractivity contribution in [3.63, 3.8) is 0 Å². The van der Waals surface area contributed by atoms with E-state index in [0.717, 1.165) is 22.4 Å². The summed E-state index contributed by atoms with van der Waals surface area (Å²) in [5, 5.41) is 0.922. The molecule has 0 radical (unpaired) electrons. The highest BCUT2D eigenvalue weighted by Gasteiger charge is 2.25.